The van der Waals surface area contributed by atoms with Crippen LogP contribution in [0.5, 0.6) is 0 Å². The molecule has 0 aliphatic carbocycles. The Morgan fingerprint density at radius 3 is 2.54 bits per heavy atom. The van der Waals surface area contributed by atoms with Crippen LogP contribution < -0.4 is 10.2 Å². The standard InChI is InChI=1S/C16H17ClN2O4S/c17-14-7-4-8-15(11-14)24(21,22)18-10-9-16(20)19-23-12-13-5-2-1-3-6-13/h1-8,11,18H,9-10,12H2,(H,19,20). The lowest BCUT2D eigenvalue weighted by molar-refractivity contribution is -0.134. The predicted octanol–water partition coefficient (Wildman–Crippen LogP) is 2.26. The molecule has 2 aromatic carbocycles. The number of sulfonamides is 1. The number of halogens is 1. The van der Waals surface area contributed by atoms with Crippen LogP contribution >= 0.6 is 11.6 Å². The molecule has 8 heteroatoms. The zero-order valence-electron chi connectivity index (χ0n) is 12.7. The first-order valence-corrected chi connectivity index (χ1v) is 9.03. The summed E-state index contributed by atoms with van der Waals surface area (Å²) in [6.07, 6.45) is -0.0470. The maximum absolute atomic E-state index is 12.0. The summed E-state index contributed by atoms with van der Waals surface area (Å²) in [6.45, 7) is 0.191. The van der Waals surface area contributed by atoms with Crippen LogP contribution in [0.25, 0.3) is 0 Å². The molecule has 2 aromatic rings. The largest absolute Gasteiger partial charge is 0.273 e. The molecule has 0 aliphatic rings. The van der Waals surface area contributed by atoms with Crippen LogP contribution in [-0.2, 0) is 26.3 Å². The van der Waals surface area contributed by atoms with Crippen LogP contribution in [0.2, 0.25) is 5.02 Å². The molecule has 0 saturated carbocycles. The first kappa shape index (κ1) is 18.4. The minimum absolute atomic E-state index is 0.0463. The fraction of sp³-hybridized carbons (Fsp3) is 0.188. The van der Waals surface area contributed by atoms with Gasteiger partial charge in [-0.3, -0.25) is 9.63 Å². The van der Waals surface area contributed by atoms with Crippen molar-refractivity contribution in [2.24, 2.45) is 0 Å². The van der Waals surface area contributed by atoms with Gasteiger partial charge in [0.25, 0.3) is 0 Å². The summed E-state index contributed by atoms with van der Waals surface area (Å²) in [5, 5.41) is 0.324. The van der Waals surface area contributed by atoms with E-state index in [-0.39, 0.29) is 24.5 Å². The van der Waals surface area contributed by atoms with Crippen molar-refractivity contribution in [3.8, 4) is 0 Å². The Labute approximate surface area is 145 Å². The van der Waals surface area contributed by atoms with Crippen molar-refractivity contribution in [3.63, 3.8) is 0 Å². The number of rotatable bonds is 8. The molecule has 0 heterocycles. The maximum atomic E-state index is 12.0. The summed E-state index contributed by atoms with van der Waals surface area (Å²) in [4.78, 5) is 16.7. The van der Waals surface area contributed by atoms with Crippen molar-refractivity contribution in [3.05, 3.63) is 65.2 Å². The Hall–Kier alpha value is -1.93. The number of carbonyl (C=O) groups excluding carboxylic acids is 1. The van der Waals surface area contributed by atoms with Crippen molar-refractivity contribution < 1.29 is 18.0 Å². The Kier molecular flexibility index (Phi) is 6.74. The lowest BCUT2D eigenvalue weighted by Crippen LogP contribution is -2.30. The Morgan fingerprint density at radius 1 is 1.08 bits per heavy atom. The molecule has 0 spiro atoms. The highest BCUT2D eigenvalue weighted by Gasteiger charge is 2.14. The van der Waals surface area contributed by atoms with E-state index in [0.717, 1.165) is 5.56 Å². The van der Waals surface area contributed by atoms with E-state index in [9.17, 15) is 13.2 Å². The van der Waals surface area contributed by atoms with E-state index in [1.807, 2.05) is 30.3 Å². The van der Waals surface area contributed by atoms with Gasteiger partial charge in [0.05, 0.1) is 11.5 Å². The zero-order chi connectivity index (χ0) is 17.4. The molecule has 2 N–H and O–H groups in total. The van der Waals surface area contributed by atoms with Gasteiger partial charge in [-0.15, -0.1) is 0 Å². The molecule has 24 heavy (non-hydrogen) atoms. The Bertz CT molecular complexity index is 782. The van der Waals surface area contributed by atoms with E-state index in [0.29, 0.717) is 5.02 Å². The van der Waals surface area contributed by atoms with Gasteiger partial charge < -0.3 is 0 Å². The number of hydroxylamine groups is 1. The lowest BCUT2D eigenvalue weighted by Gasteiger charge is -2.08. The molecule has 0 fully saturated rings. The van der Waals surface area contributed by atoms with Crippen molar-refractivity contribution in [1.82, 2.24) is 10.2 Å². The van der Waals surface area contributed by atoms with Gasteiger partial charge in [-0.1, -0.05) is 48.0 Å². The van der Waals surface area contributed by atoms with Crippen LogP contribution in [0.1, 0.15) is 12.0 Å². The predicted molar refractivity (Wildman–Crippen MR) is 90.6 cm³/mol. The molecule has 6 nitrogen and oxygen atoms in total. The molecular weight excluding hydrogens is 352 g/mol. The third kappa shape index (κ3) is 5.93. The smallest absolute Gasteiger partial charge is 0.244 e. The molecule has 0 saturated heterocycles. The van der Waals surface area contributed by atoms with E-state index in [4.69, 9.17) is 16.4 Å². The van der Waals surface area contributed by atoms with E-state index in [1.165, 1.54) is 12.1 Å². The van der Waals surface area contributed by atoms with Gasteiger partial charge in [0.1, 0.15) is 0 Å². The van der Waals surface area contributed by atoms with Gasteiger partial charge in [-0.05, 0) is 23.8 Å². The average molecular weight is 369 g/mol. The Morgan fingerprint density at radius 2 is 1.83 bits per heavy atom. The maximum Gasteiger partial charge on any atom is 0.244 e. The average Bonchev–Trinajstić information content (AvgIpc) is 2.56. The fourth-order valence-electron chi connectivity index (χ4n) is 1.84. The molecule has 0 unspecified atom stereocenters. The van der Waals surface area contributed by atoms with E-state index < -0.39 is 15.9 Å². The third-order valence-electron chi connectivity index (χ3n) is 3.02. The monoisotopic (exact) mass is 368 g/mol. The highest BCUT2D eigenvalue weighted by molar-refractivity contribution is 7.89. The minimum atomic E-state index is -3.70. The SMILES string of the molecule is O=C(CCNS(=O)(=O)c1cccc(Cl)c1)NOCc1ccccc1. The van der Waals surface area contributed by atoms with Crippen LogP contribution in [-0.4, -0.2) is 20.9 Å². The van der Waals surface area contributed by atoms with Gasteiger partial charge in [0, 0.05) is 18.0 Å². The van der Waals surface area contributed by atoms with Gasteiger partial charge in [0.2, 0.25) is 15.9 Å². The highest BCUT2D eigenvalue weighted by Crippen LogP contribution is 2.14. The molecule has 0 aliphatic heterocycles. The summed E-state index contributed by atoms with van der Waals surface area (Å²) in [5.74, 6) is -0.417. The zero-order valence-corrected chi connectivity index (χ0v) is 14.3. The van der Waals surface area contributed by atoms with Gasteiger partial charge >= 0.3 is 0 Å². The molecule has 0 aromatic heterocycles. The van der Waals surface area contributed by atoms with Crippen molar-refractivity contribution in [1.29, 1.82) is 0 Å². The van der Waals surface area contributed by atoms with Crippen LogP contribution in [0.3, 0.4) is 0 Å². The molecular formula is C16H17ClN2O4S. The number of hydrogen-bond donors (Lipinski definition) is 2. The van der Waals surface area contributed by atoms with E-state index >= 15 is 0 Å². The summed E-state index contributed by atoms with van der Waals surface area (Å²) >= 11 is 5.77. The van der Waals surface area contributed by atoms with Crippen LogP contribution in [0, 0.1) is 0 Å². The van der Waals surface area contributed by atoms with Crippen molar-refractivity contribution >= 4 is 27.5 Å². The number of hydrogen-bond acceptors (Lipinski definition) is 4. The first-order chi connectivity index (χ1) is 11.5. The van der Waals surface area contributed by atoms with E-state index in [2.05, 4.69) is 10.2 Å². The summed E-state index contributed by atoms with van der Waals surface area (Å²) in [5.41, 5.74) is 3.19. The number of amides is 1. The molecule has 0 atom stereocenters. The third-order valence-corrected chi connectivity index (χ3v) is 4.71. The quantitative estimate of drug-likeness (QED) is 0.700. The van der Waals surface area contributed by atoms with Crippen molar-refractivity contribution in [2.75, 3.05) is 6.54 Å². The van der Waals surface area contributed by atoms with E-state index in [1.54, 1.807) is 12.1 Å². The van der Waals surface area contributed by atoms with Crippen LogP contribution in [0.15, 0.2) is 59.5 Å². The summed E-state index contributed by atoms with van der Waals surface area (Å²) in [6, 6.07) is 15.2. The van der Waals surface area contributed by atoms with Gasteiger partial charge in [0.15, 0.2) is 0 Å². The fourth-order valence-corrected chi connectivity index (χ4v) is 3.17. The molecule has 0 bridgehead atoms. The van der Waals surface area contributed by atoms with Gasteiger partial charge in [-0.25, -0.2) is 18.6 Å². The van der Waals surface area contributed by atoms with Crippen LogP contribution in [0.4, 0.5) is 0 Å². The normalized spacial score (nSPS) is 11.2. The highest BCUT2D eigenvalue weighted by atomic mass is 35.5. The topological polar surface area (TPSA) is 84.5 Å². The summed E-state index contributed by atoms with van der Waals surface area (Å²) < 4.78 is 26.4. The van der Waals surface area contributed by atoms with Gasteiger partial charge in [-0.2, -0.15) is 0 Å². The molecule has 128 valence electrons. The number of carbonyl (C=O) groups is 1. The molecule has 0 radical (unpaired) electrons. The number of benzene rings is 2. The second kappa shape index (κ2) is 8.79. The lowest BCUT2D eigenvalue weighted by atomic mass is 10.2. The first-order valence-electron chi connectivity index (χ1n) is 7.17. The summed E-state index contributed by atoms with van der Waals surface area (Å²) in [7, 11) is -3.70. The second-order valence-electron chi connectivity index (χ2n) is 4.90. The molecule has 1 amide bonds. The van der Waals surface area contributed by atoms with Crippen molar-refractivity contribution in [2.45, 2.75) is 17.9 Å². The number of nitrogens with one attached hydrogen (secondary N) is 2. The Balaban J connectivity index is 1.72. The minimum Gasteiger partial charge on any atom is -0.273 e. The molecule has 2 rings (SSSR count). The second-order valence-corrected chi connectivity index (χ2v) is 7.11.